The fourth-order valence-corrected chi connectivity index (χ4v) is 4.56. The highest BCUT2D eigenvalue weighted by molar-refractivity contribution is 6.01. The van der Waals surface area contributed by atoms with Gasteiger partial charge in [-0.05, 0) is 43.9 Å². The molecule has 2 aliphatic rings. The number of carbonyl (C=O) groups is 3. The number of hydrogen-bond donors (Lipinski definition) is 2. The van der Waals surface area contributed by atoms with Gasteiger partial charge in [-0.2, -0.15) is 5.10 Å². The van der Waals surface area contributed by atoms with Crippen LogP contribution in [0.15, 0.2) is 42.9 Å². The van der Waals surface area contributed by atoms with Gasteiger partial charge in [-0.1, -0.05) is 6.07 Å². The number of fused-ring (bicyclic) bond motifs is 1. The maximum atomic E-state index is 13.1. The smallest absolute Gasteiger partial charge is 0.257 e. The van der Waals surface area contributed by atoms with E-state index < -0.39 is 0 Å². The monoisotopic (exact) mass is 446 g/mol. The molecule has 0 saturated carbocycles. The second-order valence-electron chi connectivity index (χ2n) is 8.61. The summed E-state index contributed by atoms with van der Waals surface area (Å²) in [6.07, 6.45) is 8.95. The van der Waals surface area contributed by atoms with Gasteiger partial charge in [0.2, 0.25) is 11.8 Å². The average Bonchev–Trinajstić information content (AvgIpc) is 3.28. The van der Waals surface area contributed by atoms with Gasteiger partial charge in [0.05, 0.1) is 34.9 Å². The topological polar surface area (TPSA) is 109 Å². The van der Waals surface area contributed by atoms with Crippen molar-refractivity contribution in [3.05, 3.63) is 48.4 Å². The van der Waals surface area contributed by atoms with E-state index in [1.807, 2.05) is 29.2 Å². The molecule has 2 fully saturated rings. The van der Waals surface area contributed by atoms with E-state index in [1.54, 1.807) is 23.1 Å². The molecule has 9 nitrogen and oxygen atoms in total. The third kappa shape index (κ3) is 4.30. The number of carbonyl (C=O) groups excluding carboxylic acids is 3. The standard InChI is InChI=1S/C24H26N6O3/c31-22-12-16(7-8-26-22)23(32)28-18-11-17(13-25-14-18)20-5-4-6-21-19(15-27-30(20)21)24(33)29-9-2-1-3-10-29/h4-6,11,13-16H,1-3,7-10,12H2,(H,26,31)(H,28,32). The Morgan fingerprint density at radius 2 is 1.94 bits per heavy atom. The van der Waals surface area contributed by atoms with E-state index in [4.69, 9.17) is 0 Å². The summed E-state index contributed by atoms with van der Waals surface area (Å²) in [6, 6.07) is 7.52. The zero-order valence-corrected chi connectivity index (χ0v) is 18.3. The number of amides is 3. The molecule has 2 saturated heterocycles. The number of nitrogens with one attached hydrogen (secondary N) is 2. The predicted molar refractivity (Wildman–Crippen MR) is 123 cm³/mol. The van der Waals surface area contributed by atoms with Gasteiger partial charge in [-0.15, -0.1) is 0 Å². The lowest BCUT2D eigenvalue weighted by atomic mass is 9.96. The van der Waals surface area contributed by atoms with Gasteiger partial charge in [0.15, 0.2) is 0 Å². The molecule has 0 radical (unpaired) electrons. The molecule has 1 unspecified atom stereocenters. The van der Waals surface area contributed by atoms with Crippen molar-refractivity contribution < 1.29 is 14.4 Å². The Bertz CT molecular complexity index is 1210. The first kappa shape index (κ1) is 21.1. The summed E-state index contributed by atoms with van der Waals surface area (Å²) in [4.78, 5) is 43.5. The molecule has 5 heterocycles. The molecule has 3 aromatic heterocycles. The highest BCUT2D eigenvalue weighted by Gasteiger charge is 2.26. The van der Waals surface area contributed by atoms with E-state index in [0.29, 0.717) is 24.2 Å². The number of anilines is 1. The first-order valence-corrected chi connectivity index (χ1v) is 11.4. The fourth-order valence-electron chi connectivity index (χ4n) is 4.56. The van der Waals surface area contributed by atoms with Crippen LogP contribution in [0, 0.1) is 5.92 Å². The molecule has 0 spiro atoms. The third-order valence-corrected chi connectivity index (χ3v) is 6.34. The summed E-state index contributed by atoms with van der Waals surface area (Å²) in [6.45, 7) is 2.07. The number of piperidine rings is 2. The van der Waals surface area contributed by atoms with Crippen molar-refractivity contribution in [3.63, 3.8) is 0 Å². The summed E-state index contributed by atoms with van der Waals surface area (Å²) in [5, 5.41) is 10.1. The van der Waals surface area contributed by atoms with Crippen molar-refractivity contribution in [2.75, 3.05) is 25.0 Å². The van der Waals surface area contributed by atoms with E-state index in [-0.39, 0.29) is 30.1 Å². The first-order chi connectivity index (χ1) is 16.1. The van der Waals surface area contributed by atoms with Crippen molar-refractivity contribution in [2.24, 2.45) is 5.92 Å². The molecule has 2 N–H and O–H groups in total. The van der Waals surface area contributed by atoms with Crippen LogP contribution in [0.2, 0.25) is 0 Å². The number of likely N-dealkylation sites (tertiary alicyclic amines) is 1. The molecule has 0 aliphatic carbocycles. The number of rotatable bonds is 4. The predicted octanol–water partition coefficient (Wildman–Crippen LogP) is 2.49. The van der Waals surface area contributed by atoms with Crippen LogP contribution in [0.1, 0.15) is 42.5 Å². The van der Waals surface area contributed by atoms with E-state index in [1.165, 1.54) is 0 Å². The number of pyridine rings is 2. The van der Waals surface area contributed by atoms with Crippen LogP contribution in [-0.2, 0) is 9.59 Å². The van der Waals surface area contributed by atoms with Gasteiger partial charge in [0.25, 0.3) is 5.91 Å². The maximum Gasteiger partial charge on any atom is 0.257 e. The quantitative estimate of drug-likeness (QED) is 0.640. The van der Waals surface area contributed by atoms with E-state index in [9.17, 15) is 14.4 Å². The van der Waals surface area contributed by atoms with E-state index in [0.717, 1.165) is 49.1 Å². The lowest BCUT2D eigenvalue weighted by Crippen LogP contribution is -2.38. The third-order valence-electron chi connectivity index (χ3n) is 6.34. The van der Waals surface area contributed by atoms with Crippen molar-refractivity contribution in [1.82, 2.24) is 24.8 Å². The second kappa shape index (κ2) is 9.01. The normalized spacial score (nSPS) is 18.7. The van der Waals surface area contributed by atoms with Gasteiger partial charge in [0.1, 0.15) is 0 Å². The lowest BCUT2D eigenvalue weighted by molar-refractivity contribution is -0.129. The SMILES string of the molecule is O=C1CC(C(=O)Nc2cncc(-c3cccc4c(C(=O)N5CCCCC5)cnn34)c2)CCN1. The molecule has 2 aliphatic heterocycles. The number of hydrogen-bond acceptors (Lipinski definition) is 5. The number of nitrogens with zero attached hydrogens (tertiary/aromatic N) is 4. The van der Waals surface area contributed by atoms with Crippen molar-refractivity contribution in [3.8, 4) is 11.3 Å². The minimum absolute atomic E-state index is 0.0116. The molecule has 0 bridgehead atoms. The van der Waals surface area contributed by atoms with Crippen LogP contribution in [-0.4, -0.2) is 56.9 Å². The van der Waals surface area contributed by atoms with Gasteiger partial charge < -0.3 is 15.5 Å². The van der Waals surface area contributed by atoms with E-state index >= 15 is 0 Å². The molecular formula is C24H26N6O3. The Hall–Kier alpha value is -3.75. The second-order valence-corrected chi connectivity index (χ2v) is 8.61. The molecule has 9 heteroatoms. The molecule has 5 rings (SSSR count). The maximum absolute atomic E-state index is 13.1. The van der Waals surface area contributed by atoms with Gasteiger partial charge in [0, 0.05) is 43.7 Å². The lowest BCUT2D eigenvalue weighted by Gasteiger charge is -2.26. The molecule has 170 valence electrons. The summed E-state index contributed by atoms with van der Waals surface area (Å²) in [7, 11) is 0. The van der Waals surface area contributed by atoms with Crippen molar-refractivity contribution >= 4 is 28.9 Å². The fraction of sp³-hybridized carbons (Fsp3) is 0.375. The van der Waals surface area contributed by atoms with Crippen LogP contribution in [0.5, 0.6) is 0 Å². The van der Waals surface area contributed by atoms with Crippen LogP contribution < -0.4 is 10.6 Å². The number of aromatic nitrogens is 3. The Kier molecular flexibility index (Phi) is 5.77. The molecular weight excluding hydrogens is 420 g/mol. The Morgan fingerprint density at radius 1 is 1.09 bits per heavy atom. The first-order valence-electron chi connectivity index (χ1n) is 11.4. The highest BCUT2D eigenvalue weighted by Crippen LogP contribution is 2.26. The van der Waals surface area contributed by atoms with Crippen LogP contribution in [0.4, 0.5) is 5.69 Å². The largest absolute Gasteiger partial charge is 0.356 e. The summed E-state index contributed by atoms with van der Waals surface area (Å²) in [5.41, 5.74) is 3.42. The molecule has 3 aromatic rings. The minimum atomic E-state index is -0.347. The molecule has 0 aromatic carbocycles. The highest BCUT2D eigenvalue weighted by atomic mass is 16.2. The van der Waals surface area contributed by atoms with Crippen molar-refractivity contribution in [1.29, 1.82) is 0 Å². The van der Waals surface area contributed by atoms with Crippen LogP contribution in [0.3, 0.4) is 0 Å². The zero-order chi connectivity index (χ0) is 22.8. The van der Waals surface area contributed by atoms with Gasteiger partial charge >= 0.3 is 0 Å². The Balaban J connectivity index is 1.40. The summed E-state index contributed by atoms with van der Waals surface area (Å²) < 4.78 is 1.74. The van der Waals surface area contributed by atoms with Gasteiger partial charge in [-0.3, -0.25) is 19.4 Å². The zero-order valence-electron chi connectivity index (χ0n) is 18.3. The average molecular weight is 447 g/mol. The van der Waals surface area contributed by atoms with Crippen LogP contribution >= 0.6 is 0 Å². The van der Waals surface area contributed by atoms with Crippen LogP contribution in [0.25, 0.3) is 16.8 Å². The minimum Gasteiger partial charge on any atom is -0.356 e. The Morgan fingerprint density at radius 3 is 2.76 bits per heavy atom. The molecule has 1 atom stereocenters. The van der Waals surface area contributed by atoms with E-state index in [2.05, 4.69) is 20.7 Å². The Labute approximate surface area is 191 Å². The molecule has 3 amide bonds. The summed E-state index contributed by atoms with van der Waals surface area (Å²) >= 11 is 0. The van der Waals surface area contributed by atoms with Gasteiger partial charge in [-0.25, -0.2) is 4.52 Å². The van der Waals surface area contributed by atoms with Crippen molar-refractivity contribution in [2.45, 2.75) is 32.1 Å². The molecule has 33 heavy (non-hydrogen) atoms. The summed E-state index contributed by atoms with van der Waals surface area (Å²) in [5.74, 6) is -0.623.